The SMILES string of the molecule is CC(=O)NC[C@H]1CC(c2ccc(N3CCSCC3)c(F)c2)C(=O)O1. The molecule has 2 saturated heterocycles. The molecule has 130 valence electrons. The van der Waals surface area contributed by atoms with E-state index in [1.165, 1.54) is 13.0 Å². The quantitative estimate of drug-likeness (QED) is 0.839. The van der Waals surface area contributed by atoms with Crippen LogP contribution in [0.2, 0.25) is 0 Å². The van der Waals surface area contributed by atoms with E-state index in [1.54, 1.807) is 6.07 Å². The van der Waals surface area contributed by atoms with Crippen LogP contribution in [-0.2, 0) is 14.3 Å². The minimum absolute atomic E-state index is 0.162. The van der Waals surface area contributed by atoms with Crippen LogP contribution < -0.4 is 10.2 Å². The molecule has 1 amide bonds. The number of carbonyl (C=O) groups is 2. The molecule has 2 atom stereocenters. The smallest absolute Gasteiger partial charge is 0.313 e. The standard InChI is InChI=1S/C17H21FN2O3S/c1-11(21)19-10-13-9-14(17(22)23-13)12-2-3-16(15(18)8-12)20-4-6-24-7-5-20/h2-3,8,13-14H,4-7,9-10H2,1H3,(H,19,21)/t13-,14?/m1/s1. The molecule has 1 aromatic carbocycles. The summed E-state index contributed by atoms with van der Waals surface area (Å²) in [6.45, 7) is 3.39. The molecular weight excluding hydrogens is 331 g/mol. The Bertz CT molecular complexity index is 634. The zero-order valence-electron chi connectivity index (χ0n) is 13.6. The van der Waals surface area contributed by atoms with E-state index in [1.807, 2.05) is 22.7 Å². The van der Waals surface area contributed by atoms with Gasteiger partial charge in [0.2, 0.25) is 5.91 Å². The summed E-state index contributed by atoms with van der Waals surface area (Å²) >= 11 is 1.87. The fourth-order valence-corrected chi connectivity index (χ4v) is 4.01. The predicted molar refractivity (Wildman–Crippen MR) is 91.9 cm³/mol. The van der Waals surface area contributed by atoms with Gasteiger partial charge in [-0.1, -0.05) is 6.07 Å². The van der Waals surface area contributed by atoms with Crippen molar-refractivity contribution in [3.63, 3.8) is 0 Å². The molecule has 0 bridgehead atoms. The molecule has 1 aromatic rings. The van der Waals surface area contributed by atoms with Crippen molar-refractivity contribution in [3.05, 3.63) is 29.6 Å². The topological polar surface area (TPSA) is 58.6 Å². The van der Waals surface area contributed by atoms with Crippen LogP contribution >= 0.6 is 11.8 Å². The van der Waals surface area contributed by atoms with E-state index < -0.39 is 5.92 Å². The van der Waals surface area contributed by atoms with Crippen LogP contribution in [0.25, 0.3) is 0 Å². The molecule has 2 aliphatic rings. The molecule has 24 heavy (non-hydrogen) atoms. The van der Waals surface area contributed by atoms with E-state index in [2.05, 4.69) is 5.32 Å². The van der Waals surface area contributed by atoms with Gasteiger partial charge in [-0.15, -0.1) is 0 Å². The highest BCUT2D eigenvalue weighted by atomic mass is 32.2. The Hall–Kier alpha value is -1.76. The largest absolute Gasteiger partial charge is 0.460 e. The summed E-state index contributed by atoms with van der Waals surface area (Å²) in [7, 11) is 0. The van der Waals surface area contributed by atoms with E-state index in [0.29, 0.717) is 24.2 Å². The number of halogens is 1. The third-order valence-corrected chi connectivity index (χ3v) is 5.31. The minimum Gasteiger partial charge on any atom is -0.460 e. The second-order valence-corrected chi connectivity index (χ2v) is 7.32. The number of benzene rings is 1. The molecular formula is C17H21FN2O3S. The van der Waals surface area contributed by atoms with Gasteiger partial charge in [0.1, 0.15) is 11.9 Å². The summed E-state index contributed by atoms with van der Waals surface area (Å²) in [5, 5.41) is 2.64. The lowest BCUT2D eigenvalue weighted by atomic mass is 9.95. The highest BCUT2D eigenvalue weighted by Gasteiger charge is 2.36. The number of cyclic esters (lactones) is 1. The second kappa shape index (κ2) is 7.42. The first-order valence-corrected chi connectivity index (χ1v) is 9.27. The number of ether oxygens (including phenoxy) is 1. The fourth-order valence-electron chi connectivity index (χ4n) is 3.11. The van der Waals surface area contributed by atoms with Crippen LogP contribution in [0.15, 0.2) is 18.2 Å². The fraction of sp³-hybridized carbons (Fsp3) is 0.529. The van der Waals surface area contributed by atoms with Gasteiger partial charge in [-0.05, 0) is 17.7 Å². The Kier molecular flexibility index (Phi) is 5.28. The van der Waals surface area contributed by atoms with Crippen molar-refractivity contribution in [1.82, 2.24) is 5.32 Å². The summed E-state index contributed by atoms with van der Waals surface area (Å²) < 4.78 is 19.8. The zero-order valence-corrected chi connectivity index (χ0v) is 14.4. The first kappa shape index (κ1) is 17.1. The second-order valence-electron chi connectivity index (χ2n) is 6.09. The molecule has 1 unspecified atom stereocenters. The number of hydrogen-bond acceptors (Lipinski definition) is 5. The molecule has 1 N–H and O–H groups in total. The monoisotopic (exact) mass is 352 g/mol. The number of anilines is 1. The van der Waals surface area contributed by atoms with Gasteiger partial charge in [-0.3, -0.25) is 9.59 Å². The number of thioether (sulfide) groups is 1. The van der Waals surface area contributed by atoms with Crippen LogP contribution in [0.5, 0.6) is 0 Å². The lowest BCUT2D eigenvalue weighted by molar-refractivity contribution is -0.142. The normalized spacial score (nSPS) is 23.9. The number of amides is 1. The van der Waals surface area contributed by atoms with Crippen LogP contribution in [-0.4, -0.2) is 49.1 Å². The molecule has 0 radical (unpaired) electrons. The average Bonchev–Trinajstić information content (AvgIpc) is 2.94. The summed E-state index contributed by atoms with van der Waals surface area (Å²) in [6, 6.07) is 5.02. The molecule has 0 spiro atoms. The van der Waals surface area contributed by atoms with E-state index in [-0.39, 0.29) is 23.8 Å². The minimum atomic E-state index is -0.468. The Morgan fingerprint density at radius 3 is 2.83 bits per heavy atom. The van der Waals surface area contributed by atoms with E-state index in [4.69, 9.17) is 4.74 Å². The third kappa shape index (κ3) is 3.83. The van der Waals surface area contributed by atoms with Crippen LogP contribution in [0, 0.1) is 5.82 Å². The predicted octanol–water partition coefficient (Wildman–Crippen LogP) is 1.91. The molecule has 2 heterocycles. The Labute approximate surface area is 144 Å². The van der Waals surface area contributed by atoms with Gasteiger partial charge in [0.05, 0.1) is 18.2 Å². The number of hydrogen-bond donors (Lipinski definition) is 1. The molecule has 2 fully saturated rings. The molecule has 7 heteroatoms. The van der Waals surface area contributed by atoms with Gasteiger partial charge in [0.25, 0.3) is 0 Å². The van der Waals surface area contributed by atoms with Crippen molar-refractivity contribution < 1.29 is 18.7 Å². The van der Waals surface area contributed by atoms with E-state index in [0.717, 1.165) is 24.6 Å². The Morgan fingerprint density at radius 2 is 2.17 bits per heavy atom. The zero-order chi connectivity index (χ0) is 17.1. The number of esters is 1. The number of carbonyl (C=O) groups excluding carboxylic acids is 2. The van der Waals surface area contributed by atoms with E-state index in [9.17, 15) is 14.0 Å². The lowest BCUT2D eigenvalue weighted by Crippen LogP contribution is -2.33. The molecule has 5 nitrogen and oxygen atoms in total. The van der Waals surface area contributed by atoms with Gasteiger partial charge in [-0.25, -0.2) is 4.39 Å². The Balaban J connectivity index is 1.69. The first-order valence-electron chi connectivity index (χ1n) is 8.11. The van der Waals surface area contributed by atoms with Gasteiger partial charge in [0, 0.05) is 37.9 Å². The van der Waals surface area contributed by atoms with Crippen molar-refractivity contribution in [2.24, 2.45) is 0 Å². The maximum Gasteiger partial charge on any atom is 0.313 e. The highest BCUT2D eigenvalue weighted by Crippen LogP contribution is 2.33. The first-order chi connectivity index (χ1) is 11.5. The van der Waals surface area contributed by atoms with Gasteiger partial charge < -0.3 is 15.0 Å². The van der Waals surface area contributed by atoms with Gasteiger partial charge in [-0.2, -0.15) is 11.8 Å². The van der Waals surface area contributed by atoms with Crippen molar-refractivity contribution in [1.29, 1.82) is 0 Å². The van der Waals surface area contributed by atoms with Crippen molar-refractivity contribution in [2.45, 2.75) is 25.4 Å². The molecule has 0 aliphatic carbocycles. The van der Waals surface area contributed by atoms with Crippen LogP contribution in [0.1, 0.15) is 24.8 Å². The van der Waals surface area contributed by atoms with Gasteiger partial charge >= 0.3 is 5.97 Å². The molecule has 0 aromatic heterocycles. The average molecular weight is 352 g/mol. The van der Waals surface area contributed by atoms with Crippen LogP contribution in [0.3, 0.4) is 0 Å². The highest BCUT2D eigenvalue weighted by molar-refractivity contribution is 7.99. The molecule has 2 aliphatic heterocycles. The molecule has 0 saturated carbocycles. The molecule has 3 rings (SSSR count). The number of nitrogens with one attached hydrogen (secondary N) is 1. The third-order valence-electron chi connectivity index (χ3n) is 4.37. The summed E-state index contributed by atoms with van der Waals surface area (Å²) in [5.41, 5.74) is 1.23. The van der Waals surface area contributed by atoms with Crippen molar-refractivity contribution >= 4 is 29.3 Å². The maximum atomic E-state index is 14.5. The number of nitrogens with zero attached hydrogens (tertiary/aromatic N) is 1. The Morgan fingerprint density at radius 1 is 1.42 bits per heavy atom. The van der Waals surface area contributed by atoms with E-state index >= 15 is 0 Å². The summed E-state index contributed by atoms with van der Waals surface area (Å²) in [6.07, 6.45) is 0.103. The summed E-state index contributed by atoms with van der Waals surface area (Å²) in [4.78, 5) is 25.1. The lowest BCUT2D eigenvalue weighted by Gasteiger charge is -2.29. The summed E-state index contributed by atoms with van der Waals surface area (Å²) in [5.74, 6) is 0.722. The maximum absolute atomic E-state index is 14.5. The van der Waals surface area contributed by atoms with Crippen LogP contribution in [0.4, 0.5) is 10.1 Å². The van der Waals surface area contributed by atoms with Crippen molar-refractivity contribution in [3.8, 4) is 0 Å². The van der Waals surface area contributed by atoms with Crippen molar-refractivity contribution in [2.75, 3.05) is 36.0 Å². The van der Waals surface area contributed by atoms with Gasteiger partial charge in [0.15, 0.2) is 0 Å². The number of rotatable bonds is 4.